The van der Waals surface area contributed by atoms with Crippen LogP contribution in [-0.2, 0) is 16.0 Å². The summed E-state index contributed by atoms with van der Waals surface area (Å²) in [6.45, 7) is 5.62. The van der Waals surface area contributed by atoms with Gasteiger partial charge in [-0.3, -0.25) is 19.6 Å². The topological polar surface area (TPSA) is 75.2 Å². The maximum Gasteiger partial charge on any atom is 0.229 e. The molecule has 1 atom stereocenters. The lowest BCUT2D eigenvalue weighted by atomic mass is 9.93. The van der Waals surface area contributed by atoms with Crippen molar-refractivity contribution < 1.29 is 9.59 Å². The third-order valence-corrected chi connectivity index (χ3v) is 9.28. The first-order valence-electron chi connectivity index (χ1n) is 15.7. The Kier molecular flexibility index (Phi) is 12.7. The molecule has 3 heterocycles. The Hall–Kier alpha value is -4.16. The van der Waals surface area contributed by atoms with Gasteiger partial charge in [0.2, 0.25) is 11.8 Å². The van der Waals surface area contributed by atoms with Crippen LogP contribution in [0.4, 0.5) is 11.4 Å². The Morgan fingerprint density at radius 3 is 2.04 bits per heavy atom. The molecule has 0 saturated carbocycles. The zero-order valence-corrected chi connectivity index (χ0v) is 31.0. The number of β-lactam (4-membered cyclic amide) rings is 1. The summed E-state index contributed by atoms with van der Waals surface area (Å²) in [5.41, 5.74) is 6.05. The fraction of sp³-hybridized carbons (Fsp3) is 0.150. The van der Waals surface area contributed by atoms with E-state index in [2.05, 4.69) is 123 Å². The number of nitrogens with zero attached hydrogens (tertiary/aromatic N) is 3. The molecule has 2 amide bonds. The highest BCUT2D eigenvalue weighted by molar-refractivity contribution is 14.1. The SMILES string of the molecule is C=CCC(=O)Nc1cccc2cccnc12.Cc1ccc(I)cc1.O=C1CC(CCc2ccc(I)cc2)N1c1cccc2cccnc12. The minimum absolute atomic E-state index is 0.0758. The number of anilines is 2. The molecule has 6 aromatic rings. The van der Waals surface area contributed by atoms with Gasteiger partial charge in [-0.15, -0.1) is 6.58 Å². The van der Waals surface area contributed by atoms with E-state index in [4.69, 9.17) is 0 Å². The van der Waals surface area contributed by atoms with Gasteiger partial charge >= 0.3 is 0 Å². The number of amides is 2. The number of hydrogen-bond donors (Lipinski definition) is 1. The molecule has 1 unspecified atom stereocenters. The number of carbonyl (C=O) groups is 2. The molecule has 2 aromatic heterocycles. The fourth-order valence-corrected chi connectivity index (χ4v) is 6.10. The van der Waals surface area contributed by atoms with E-state index in [1.165, 1.54) is 18.3 Å². The summed E-state index contributed by atoms with van der Waals surface area (Å²) < 4.78 is 2.55. The van der Waals surface area contributed by atoms with Crippen LogP contribution in [0.15, 0.2) is 134 Å². The molecule has 1 aliphatic rings. The first kappa shape index (κ1) is 35.2. The molecule has 1 fully saturated rings. The lowest BCUT2D eigenvalue weighted by molar-refractivity contribution is -0.124. The minimum Gasteiger partial charge on any atom is -0.324 e. The molecule has 0 radical (unpaired) electrons. The smallest absolute Gasteiger partial charge is 0.229 e. The van der Waals surface area contributed by atoms with E-state index in [9.17, 15) is 9.59 Å². The van der Waals surface area contributed by atoms with Gasteiger partial charge in [-0.05, 0) is 119 Å². The molecular weight excluding hydrogens is 822 g/mol. The average molecular weight is 859 g/mol. The minimum atomic E-state index is -0.0758. The maximum absolute atomic E-state index is 12.2. The van der Waals surface area contributed by atoms with Crippen molar-refractivity contribution in [1.29, 1.82) is 0 Å². The number of para-hydroxylation sites is 2. The van der Waals surface area contributed by atoms with Crippen LogP contribution in [0.1, 0.15) is 30.4 Å². The van der Waals surface area contributed by atoms with Crippen LogP contribution in [0.5, 0.6) is 0 Å². The van der Waals surface area contributed by atoms with Crippen molar-refractivity contribution >= 4 is 90.2 Å². The van der Waals surface area contributed by atoms with Crippen molar-refractivity contribution in [1.82, 2.24) is 9.97 Å². The monoisotopic (exact) mass is 858 g/mol. The van der Waals surface area contributed by atoms with Gasteiger partial charge in [0.05, 0.1) is 22.4 Å². The summed E-state index contributed by atoms with van der Waals surface area (Å²) in [5, 5.41) is 4.90. The van der Waals surface area contributed by atoms with Crippen molar-refractivity contribution in [2.24, 2.45) is 0 Å². The zero-order valence-electron chi connectivity index (χ0n) is 26.7. The van der Waals surface area contributed by atoms with Gasteiger partial charge in [0.1, 0.15) is 0 Å². The molecule has 4 aromatic carbocycles. The molecule has 242 valence electrons. The van der Waals surface area contributed by atoms with Crippen molar-refractivity contribution in [3.8, 4) is 0 Å². The lowest BCUT2D eigenvalue weighted by Gasteiger charge is -2.41. The van der Waals surface area contributed by atoms with E-state index in [-0.39, 0.29) is 17.9 Å². The fourth-order valence-electron chi connectivity index (χ4n) is 5.38. The van der Waals surface area contributed by atoms with E-state index in [0.717, 1.165) is 46.0 Å². The maximum atomic E-state index is 12.2. The molecule has 0 spiro atoms. The average Bonchev–Trinajstić information content (AvgIpc) is 3.10. The number of fused-ring (bicyclic) bond motifs is 2. The van der Waals surface area contributed by atoms with Gasteiger partial charge in [0, 0.05) is 49.2 Å². The van der Waals surface area contributed by atoms with Crippen molar-refractivity contribution in [3.05, 3.63) is 153 Å². The summed E-state index contributed by atoms with van der Waals surface area (Å²) in [5.74, 6) is 0.119. The Balaban J connectivity index is 0.000000161. The van der Waals surface area contributed by atoms with Gasteiger partial charge in [-0.25, -0.2) is 0 Å². The number of carbonyl (C=O) groups excluding carboxylic acids is 2. The zero-order chi connectivity index (χ0) is 33.9. The predicted octanol–water partition coefficient (Wildman–Crippen LogP) is 9.93. The quantitative estimate of drug-likeness (QED) is 0.0986. The number of hydrogen-bond acceptors (Lipinski definition) is 4. The Bertz CT molecular complexity index is 1980. The van der Waals surface area contributed by atoms with Crippen molar-refractivity contribution in [2.75, 3.05) is 10.2 Å². The third kappa shape index (κ3) is 9.47. The highest BCUT2D eigenvalue weighted by atomic mass is 127. The van der Waals surface area contributed by atoms with E-state index in [0.29, 0.717) is 12.8 Å². The van der Waals surface area contributed by atoms with Gasteiger partial charge in [-0.1, -0.05) is 72.3 Å². The molecule has 48 heavy (non-hydrogen) atoms. The summed E-state index contributed by atoms with van der Waals surface area (Å²) in [6.07, 6.45) is 7.99. The van der Waals surface area contributed by atoms with E-state index >= 15 is 0 Å². The summed E-state index contributed by atoms with van der Waals surface area (Å²) in [6, 6.07) is 36.9. The standard InChI is InChI=1S/C20H17IN2O.C13H12N2O.C7H7I/c21-16-9-6-14(7-10-16)8-11-17-13-19(24)23(17)18-5-1-3-15-4-2-12-22-20(15)18;1-2-5-12(16)15-11-8-3-6-10-7-4-9-14-13(10)11;1-6-2-4-7(8)5-3-6/h1-7,9-10,12,17H,8,11,13H2;2-4,6-9H,1,5H2,(H,15,16);2-5H,1H3. The lowest BCUT2D eigenvalue weighted by Crippen LogP contribution is -2.53. The summed E-state index contributed by atoms with van der Waals surface area (Å²) in [7, 11) is 0. The second kappa shape index (κ2) is 17.3. The number of aryl methyl sites for hydroxylation is 2. The number of aromatic nitrogens is 2. The summed E-state index contributed by atoms with van der Waals surface area (Å²) >= 11 is 4.61. The van der Waals surface area contributed by atoms with Crippen LogP contribution in [0.3, 0.4) is 0 Å². The number of rotatable bonds is 7. The van der Waals surface area contributed by atoms with Crippen molar-refractivity contribution in [3.63, 3.8) is 0 Å². The second-order valence-corrected chi connectivity index (χ2v) is 13.8. The number of pyridine rings is 2. The predicted molar refractivity (Wildman–Crippen MR) is 214 cm³/mol. The van der Waals surface area contributed by atoms with E-state index in [1.807, 2.05) is 65.6 Å². The molecule has 6 nitrogen and oxygen atoms in total. The number of halogens is 2. The second-order valence-electron chi connectivity index (χ2n) is 11.4. The van der Waals surface area contributed by atoms with E-state index in [1.54, 1.807) is 18.5 Å². The molecule has 1 N–H and O–H groups in total. The number of benzene rings is 4. The van der Waals surface area contributed by atoms with Gasteiger partial charge in [0.15, 0.2) is 0 Å². The first-order valence-corrected chi connectivity index (χ1v) is 17.8. The highest BCUT2D eigenvalue weighted by Gasteiger charge is 2.37. The van der Waals surface area contributed by atoms with Crippen LogP contribution < -0.4 is 10.2 Å². The molecule has 7 rings (SSSR count). The van der Waals surface area contributed by atoms with Gasteiger partial charge in [-0.2, -0.15) is 0 Å². The first-order chi connectivity index (χ1) is 23.3. The van der Waals surface area contributed by atoms with Crippen molar-refractivity contribution in [2.45, 2.75) is 38.6 Å². The largest absolute Gasteiger partial charge is 0.324 e. The molecule has 1 aliphatic heterocycles. The van der Waals surface area contributed by atoms with Crippen LogP contribution in [0.25, 0.3) is 21.8 Å². The molecule has 0 bridgehead atoms. The third-order valence-electron chi connectivity index (χ3n) is 7.84. The summed E-state index contributed by atoms with van der Waals surface area (Å²) in [4.78, 5) is 34.4. The Morgan fingerprint density at radius 1 is 0.833 bits per heavy atom. The molecule has 1 saturated heterocycles. The van der Waals surface area contributed by atoms with Gasteiger partial charge < -0.3 is 10.2 Å². The molecule has 8 heteroatoms. The number of nitrogens with one attached hydrogen (secondary N) is 1. The molecule has 0 aliphatic carbocycles. The van der Waals surface area contributed by atoms with Gasteiger partial charge in [0.25, 0.3) is 0 Å². The highest BCUT2D eigenvalue weighted by Crippen LogP contribution is 2.34. The van der Waals surface area contributed by atoms with E-state index < -0.39 is 0 Å². The normalized spacial score (nSPS) is 13.4. The van der Waals surface area contributed by atoms with Crippen LogP contribution >= 0.6 is 45.2 Å². The van der Waals surface area contributed by atoms with Crippen LogP contribution in [0.2, 0.25) is 0 Å². The molecular formula is C40H36I2N4O2. The Morgan fingerprint density at radius 2 is 1.42 bits per heavy atom. The Labute approximate surface area is 309 Å². The van der Waals surface area contributed by atoms with Crippen LogP contribution in [-0.4, -0.2) is 27.8 Å². The van der Waals surface area contributed by atoms with Crippen LogP contribution in [0, 0.1) is 14.1 Å².